The first-order valence-electron chi connectivity index (χ1n) is 4.71. The average molecular weight is 204 g/mol. The van der Waals surface area contributed by atoms with E-state index in [0.29, 0.717) is 0 Å². The van der Waals surface area contributed by atoms with E-state index in [2.05, 4.69) is 0 Å². The normalized spacial score (nSPS) is 38.3. The van der Waals surface area contributed by atoms with Gasteiger partial charge in [0.25, 0.3) is 0 Å². The Labute approximate surface area is 84.7 Å². The number of aliphatic hydroxyl groups is 2. The van der Waals surface area contributed by atoms with Crippen molar-refractivity contribution in [3.63, 3.8) is 0 Å². The zero-order chi connectivity index (χ0) is 10.3. The Balaban J connectivity index is 2.87. The molecule has 13 heavy (non-hydrogen) atoms. The molecule has 3 heteroatoms. The first-order valence-corrected chi connectivity index (χ1v) is 5.87. The quantitative estimate of drug-likeness (QED) is 0.628. The molecule has 2 nitrogen and oxygen atoms in total. The summed E-state index contributed by atoms with van der Waals surface area (Å²) in [6, 6.07) is 0. The lowest BCUT2D eigenvalue weighted by atomic mass is 9.76. The van der Waals surface area contributed by atoms with Crippen LogP contribution in [0.3, 0.4) is 0 Å². The largest absolute Gasteiger partial charge is 0.390 e. The highest BCUT2D eigenvalue weighted by atomic mass is 32.2. The summed E-state index contributed by atoms with van der Waals surface area (Å²) in [5.74, 6) is 1.82. The lowest BCUT2D eigenvalue weighted by molar-refractivity contribution is -0.0848. The van der Waals surface area contributed by atoms with E-state index in [1.807, 2.05) is 39.5 Å². The highest BCUT2D eigenvalue weighted by molar-refractivity contribution is 7.99. The predicted octanol–water partition coefficient (Wildman–Crippen LogP) is 1.51. The minimum Gasteiger partial charge on any atom is -0.390 e. The maximum absolute atomic E-state index is 9.96. The van der Waals surface area contributed by atoms with E-state index < -0.39 is 12.2 Å². The van der Waals surface area contributed by atoms with Gasteiger partial charge in [-0.05, 0) is 0 Å². The van der Waals surface area contributed by atoms with Crippen molar-refractivity contribution < 1.29 is 10.2 Å². The van der Waals surface area contributed by atoms with Gasteiger partial charge in [0.1, 0.15) is 0 Å². The lowest BCUT2D eigenvalue weighted by Crippen LogP contribution is -2.46. The molecule has 1 aliphatic heterocycles. The van der Waals surface area contributed by atoms with E-state index in [0.717, 1.165) is 11.5 Å². The fourth-order valence-electron chi connectivity index (χ4n) is 1.60. The molecule has 2 atom stereocenters. The van der Waals surface area contributed by atoms with Crippen molar-refractivity contribution in [2.75, 3.05) is 11.5 Å². The van der Waals surface area contributed by atoms with Crippen molar-refractivity contribution in [1.29, 1.82) is 0 Å². The van der Waals surface area contributed by atoms with Crippen LogP contribution in [0.25, 0.3) is 0 Å². The standard InChI is InChI=1S/C10H20O2S/c1-9(2)5-13-6-10(3,4)8(12)7(9)11/h7-8,11-12H,5-6H2,1-4H3/t7-,8-/m0/s1. The molecule has 0 aliphatic carbocycles. The molecule has 0 aromatic rings. The SMILES string of the molecule is CC1(C)CSCC(C)(C)[C@@H](O)[C@@H]1O. The summed E-state index contributed by atoms with van der Waals surface area (Å²) in [6.07, 6.45) is -1.23. The summed E-state index contributed by atoms with van der Waals surface area (Å²) in [6.45, 7) is 8.04. The summed E-state index contributed by atoms with van der Waals surface area (Å²) < 4.78 is 0. The van der Waals surface area contributed by atoms with E-state index in [9.17, 15) is 10.2 Å². The van der Waals surface area contributed by atoms with Crippen molar-refractivity contribution in [2.45, 2.75) is 39.9 Å². The second-order valence-corrected chi connectivity index (χ2v) is 6.35. The van der Waals surface area contributed by atoms with Crippen molar-refractivity contribution in [3.05, 3.63) is 0 Å². The zero-order valence-electron chi connectivity index (χ0n) is 8.87. The van der Waals surface area contributed by atoms with E-state index in [1.165, 1.54) is 0 Å². The Morgan fingerprint density at radius 2 is 1.23 bits per heavy atom. The molecule has 1 saturated heterocycles. The summed E-state index contributed by atoms with van der Waals surface area (Å²) in [7, 11) is 0. The first kappa shape index (κ1) is 11.3. The molecule has 1 aliphatic rings. The van der Waals surface area contributed by atoms with Crippen LogP contribution < -0.4 is 0 Å². The molecular weight excluding hydrogens is 184 g/mol. The fraction of sp³-hybridized carbons (Fsp3) is 1.00. The van der Waals surface area contributed by atoms with Crippen LogP contribution in [0.1, 0.15) is 27.7 Å². The summed E-state index contributed by atoms with van der Waals surface area (Å²) in [4.78, 5) is 0. The van der Waals surface area contributed by atoms with Gasteiger partial charge in [-0.1, -0.05) is 27.7 Å². The highest BCUT2D eigenvalue weighted by Crippen LogP contribution is 2.40. The van der Waals surface area contributed by atoms with Gasteiger partial charge in [0.05, 0.1) is 12.2 Å². The number of rotatable bonds is 0. The second-order valence-electron chi connectivity index (χ2n) is 5.36. The van der Waals surface area contributed by atoms with E-state index >= 15 is 0 Å². The number of hydrogen-bond donors (Lipinski definition) is 2. The van der Waals surface area contributed by atoms with Crippen molar-refractivity contribution in [1.82, 2.24) is 0 Å². The molecule has 0 aromatic carbocycles. The second kappa shape index (κ2) is 3.44. The molecule has 1 fully saturated rings. The first-order chi connectivity index (χ1) is 5.77. The third kappa shape index (κ3) is 2.20. The average Bonchev–Trinajstić information content (AvgIpc) is 2.04. The molecule has 78 valence electrons. The van der Waals surface area contributed by atoms with Gasteiger partial charge in [0.2, 0.25) is 0 Å². The van der Waals surface area contributed by atoms with E-state index in [4.69, 9.17) is 0 Å². The summed E-state index contributed by atoms with van der Waals surface area (Å²) in [5.41, 5.74) is -0.365. The van der Waals surface area contributed by atoms with Crippen molar-refractivity contribution >= 4 is 11.8 Å². The molecule has 0 unspecified atom stereocenters. The Bertz CT molecular complexity index is 169. The monoisotopic (exact) mass is 204 g/mol. The number of aliphatic hydroxyl groups excluding tert-OH is 2. The van der Waals surface area contributed by atoms with Gasteiger partial charge >= 0.3 is 0 Å². The summed E-state index contributed by atoms with van der Waals surface area (Å²) in [5, 5.41) is 19.9. The molecule has 0 aromatic heterocycles. The Kier molecular flexibility index (Phi) is 3.01. The molecule has 0 amide bonds. The fourth-order valence-corrected chi connectivity index (χ4v) is 3.10. The maximum Gasteiger partial charge on any atom is 0.0863 e. The van der Waals surface area contributed by atoms with Crippen LogP contribution in [-0.2, 0) is 0 Å². The number of thioether (sulfide) groups is 1. The van der Waals surface area contributed by atoms with E-state index in [1.54, 1.807) is 0 Å². The van der Waals surface area contributed by atoms with Gasteiger partial charge in [-0.25, -0.2) is 0 Å². The zero-order valence-corrected chi connectivity index (χ0v) is 9.69. The van der Waals surface area contributed by atoms with Crippen LogP contribution in [0.5, 0.6) is 0 Å². The Morgan fingerprint density at radius 1 is 0.923 bits per heavy atom. The molecule has 0 bridgehead atoms. The minimum absolute atomic E-state index is 0.183. The highest BCUT2D eigenvalue weighted by Gasteiger charge is 2.43. The van der Waals surface area contributed by atoms with Crippen LogP contribution >= 0.6 is 11.8 Å². The summed E-state index contributed by atoms with van der Waals surface area (Å²) >= 11 is 1.82. The molecule has 0 radical (unpaired) electrons. The predicted molar refractivity (Wildman–Crippen MR) is 56.9 cm³/mol. The maximum atomic E-state index is 9.96. The van der Waals surface area contributed by atoms with Gasteiger partial charge in [0.15, 0.2) is 0 Å². The number of hydrogen-bond acceptors (Lipinski definition) is 3. The Morgan fingerprint density at radius 3 is 1.54 bits per heavy atom. The van der Waals surface area contributed by atoms with E-state index in [-0.39, 0.29) is 10.8 Å². The molecule has 1 rings (SSSR count). The smallest absolute Gasteiger partial charge is 0.0863 e. The van der Waals surface area contributed by atoms with Crippen molar-refractivity contribution in [3.8, 4) is 0 Å². The minimum atomic E-state index is -0.613. The molecule has 0 saturated carbocycles. The topological polar surface area (TPSA) is 40.5 Å². The third-order valence-corrected chi connectivity index (χ3v) is 4.74. The van der Waals surface area contributed by atoms with Crippen molar-refractivity contribution in [2.24, 2.45) is 10.8 Å². The van der Waals surface area contributed by atoms with Crippen LogP contribution in [0.15, 0.2) is 0 Å². The molecular formula is C10H20O2S. The molecule has 2 N–H and O–H groups in total. The Hall–Kier alpha value is 0.270. The van der Waals surface area contributed by atoms with Gasteiger partial charge in [-0.15, -0.1) is 0 Å². The van der Waals surface area contributed by atoms with Gasteiger partial charge in [-0.2, -0.15) is 11.8 Å². The van der Waals surface area contributed by atoms with Crippen LogP contribution in [0, 0.1) is 10.8 Å². The van der Waals surface area contributed by atoms with Crippen LogP contribution in [0.2, 0.25) is 0 Å². The molecule has 1 heterocycles. The van der Waals surface area contributed by atoms with Gasteiger partial charge in [0, 0.05) is 22.3 Å². The lowest BCUT2D eigenvalue weighted by Gasteiger charge is -2.36. The van der Waals surface area contributed by atoms with Gasteiger partial charge in [-0.3, -0.25) is 0 Å². The van der Waals surface area contributed by atoms with Gasteiger partial charge < -0.3 is 10.2 Å². The van der Waals surface area contributed by atoms with Crippen LogP contribution in [-0.4, -0.2) is 33.9 Å². The van der Waals surface area contributed by atoms with Crippen LogP contribution in [0.4, 0.5) is 0 Å². The third-order valence-electron chi connectivity index (χ3n) is 2.85. The molecule has 0 spiro atoms.